The summed E-state index contributed by atoms with van der Waals surface area (Å²) in [6.45, 7) is 0. The van der Waals surface area contributed by atoms with Crippen molar-refractivity contribution in [3.63, 3.8) is 0 Å². The Morgan fingerprint density at radius 1 is 1.50 bits per heavy atom. The molecule has 1 aromatic heterocycles. The fourth-order valence-electron chi connectivity index (χ4n) is 1.39. The van der Waals surface area contributed by atoms with Crippen molar-refractivity contribution in [3.05, 3.63) is 45.2 Å². The zero-order valence-electron chi connectivity index (χ0n) is 10.1. The fraction of sp³-hybridized carbons (Fsp3) is 0.0909. The lowest BCUT2D eigenvalue weighted by molar-refractivity contribution is -0.384. The number of nitro benzene ring substituents is 1. The highest BCUT2D eigenvalue weighted by Gasteiger charge is 2.16. The molecule has 0 saturated heterocycles. The molecular weight excluding hydrogens is 290 g/mol. The predicted molar refractivity (Wildman–Crippen MR) is 69.1 cm³/mol. The number of methoxy groups -OCH3 is 1. The molecule has 104 valence electrons. The van der Waals surface area contributed by atoms with Crippen LogP contribution in [0.15, 0.2) is 28.8 Å². The molecule has 0 aliphatic carbocycles. The number of hydrogen-bond acceptors (Lipinski definition) is 6. The topological polar surface area (TPSA) is 108 Å². The number of amides is 1. The zero-order valence-corrected chi connectivity index (χ0v) is 10.9. The van der Waals surface area contributed by atoms with Gasteiger partial charge in [0.2, 0.25) is 5.76 Å². The maximum absolute atomic E-state index is 11.8. The lowest BCUT2D eigenvalue weighted by Gasteiger charge is -2.03. The minimum atomic E-state index is -0.616. The summed E-state index contributed by atoms with van der Waals surface area (Å²) in [5, 5.41) is 16.5. The first-order valence-electron chi connectivity index (χ1n) is 5.27. The molecule has 0 fully saturated rings. The Balaban J connectivity index is 2.15. The smallest absolute Gasteiger partial charge is 0.294 e. The molecule has 0 bridgehead atoms. The Morgan fingerprint density at radius 3 is 2.80 bits per heavy atom. The van der Waals surface area contributed by atoms with Crippen molar-refractivity contribution < 1.29 is 19.0 Å². The molecule has 0 aliphatic rings. The van der Waals surface area contributed by atoms with Gasteiger partial charge in [-0.15, -0.1) is 0 Å². The number of halogens is 1. The third-order valence-corrected chi connectivity index (χ3v) is 2.63. The summed E-state index contributed by atoms with van der Waals surface area (Å²) < 4.78 is 9.53. The van der Waals surface area contributed by atoms with E-state index in [9.17, 15) is 14.9 Å². The van der Waals surface area contributed by atoms with Crippen molar-refractivity contribution in [3.8, 4) is 5.88 Å². The van der Waals surface area contributed by atoms with Crippen LogP contribution in [0.3, 0.4) is 0 Å². The summed E-state index contributed by atoms with van der Waals surface area (Å²) in [6.07, 6.45) is 0. The van der Waals surface area contributed by atoms with E-state index < -0.39 is 10.8 Å². The number of nitrogens with one attached hydrogen (secondary N) is 1. The Bertz CT molecular complexity index is 670. The van der Waals surface area contributed by atoms with Crippen molar-refractivity contribution in [1.29, 1.82) is 0 Å². The normalized spacial score (nSPS) is 10.1. The maximum Gasteiger partial charge on any atom is 0.294 e. The van der Waals surface area contributed by atoms with Crippen LogP contribution in [0, 0.1) is 10.1 Å². The van der Waals surface area contributed by atoms with Crippen molar-refractivity contribution in [2.75, 3.05) is 12.4 Å². The summed E-state index contributed by atoms with van der Waals surface area (Å²) >= 11 is 5.73. The standard InChI is InChI=1S/C11H8ClN3O5/c1-19-10-5-9(20-14-10)11(16)13-6-2-3-8(15(17)18)7(12)4-6/h2-5H,1H3,(H,13,16). The van der Waals surface area contributed by atoms with Gasteiger partial charge in [0.15, 0.2) is 0 Å². The molecule has 1 heterocycles. The van der Waals surface area contributed by atoms with Crippen LogP contribution >= 0.6 is 11.6 Å². The number of carbonyl (C=O) groups excluding carboxylic acids is 1. The first kappa shape index (κ1) is 13.8. The van der Waals surface area contributed by atoms with Crippen molar-refractivity contribution in [2.24, 2.45) is 0 Å². The lowest BCUT2D eigenvalue weighted by Crippen LogP contribution is -2.10. The van der Waals surface area contributed by atoms with Gasteiger partial charge in [-0.1, -0.05) is 11.6 Å². The SMILES string of the molecule is COc1cc(C(=O)Nc2ccc([N+](=O)[O-])c(Cl)c2)on1. The largest absolute Gasteiger partial charge is 0.479 e. The molecule has 0 atom stereocenters. The van der Waals surface area contributed by atoms with E-state index in [4.69, 9.17) is 20.9 Å². The van der Waals surface area contributed by atoms with Gasteiger partial charge in [0.05, 0.1) is 18.1 Å². The Labute approximate surface area is 117 Å². The average Bonchev–Trinajstić information content (AvgIpc) is 2.87. The van der Waals surface area contributed by atoms with Crippen LogP contribution in [-0.2, 0) is 0 Å². The van der Waals surface area contributed by atoms with E-state index in [1.165, 1.54) is 31.4 Å². The van der Waals surface area contributed by atoms with Gasteiger partial charge < -0.3 is 14.6 Å². The first-order valence-corrected chi connectivity index (χ1v) is 5.65. The Kier molecular flexibility index (Phi) is 3.85. The van der Waals surface area contributed by atoms with Crippen LogP contribution < -0.4 is 10.1 Å². The van der Waals surface area contributed by atoms with E-state index in [-0.39, 0.29) is 22.4 Å². The van der Waals surface area contributed by atoms with Gasteiger partial charge in [-0.25, -0.2) is 0 Å². The van der Waals surface area contributed by atoms with Crippen LogP contribution in [-0.4, -0.2) is 23.1 Å². The number of nitrogens with zero attached hydrogens (tertiary/aromatic N) is 2. The second-order valence-electron chi connectivity index (χ2n) is 3.61. The van der Waals surface area contributed by atoms with Crippen LogP contribution in [0.4, 0.5) is 11.4 Å². The molecule has 1 amide bonds. The minimum Gasteiger partial charge on any atom is -0.479 e. The van der Waals surface area contributed by atoms with Crippen molar-refractivity contribution >= 4 is 28.9 Å². The van der Waals surface area contributed by atoms with Gasteiger partial charge in [0.1, 0.15) is 5.02 Å². The number of benzene rings is 1. The highest BCUT2D eigenvalue weighted by molar-refractivity contribution is 6.33. The van der Waals surface area contributed by atoms with E-state index >= 15 is 0 Å². The predicted octanol–water partition coefficient (Wildman–Crippen LogP) is 2.50. The summed E-state index contributed by atoms with van der Waals surface area (Å²) in [7, 11) is 1.38. The van der Waals surface area contributed by atoms with Gasteiger partial charge in [0, 0.05) is 11.8 Å². The molecule has 0 radical (unpaired) electrons. The Hall–Kier alpha value is -2.61. The van der Waals surface area contributed by atoms with Gasteiger partial charge >= 0.3 is 0 Å². The van der Waals surface area contributed by atoms with E-state index in [1.807, 2.05) is 0 Å². The van der Waals surface area contributed by atoms with Crippen molar-refractivity contribution in [2.45, 2.75) is 0 Å². The number of aromatic nitrogens is 1. The number of carbonyl (C=O) groups is 1. The van der Waals surface area contributed by atoms with Crippen LogP contribution in [0.1, 0.15) is 10.6 Å². The number of rotatable bonds is 4. The quantitative estimate of drug-likeness (QED) is 0.686. The number of nitro groups is 1. The van der Waals surface area contributed by atoms with Crippen LogP contribution in [0.25, 0.3) is 0 Å². The summed E-state index contributed by atoms with van der Waals surface area (Å²) in [4.78, 5) is 21.8. The highest BCUT2D eigenvalue weighted by atomic mass is 35.5. The monoisotopic (exact) mass is 297 g/mol. The van der Waals surface area contributed by atoms with Crippen molar-refractivity contribution in [1.82, 2.24) is 5.16 Å². The summed E-state index contributed by atoms with van der Waals surface area (Å²) in [5.41, 5.74) is 0.0481. The average molecular weight is 298 g/mol. The third kappa shape index (κ3) is 2.86. The molecule has 8 nitrogen and oxygen atoms in total. The van der Waals surface area contributed by atoms with Gasteiger partial charge in [-0.05, 0) is 17.3 Å². The van der Waals surface area contributed by atoms with E-state index in [0.717, 1.165) is 0 Å². The summed E-state index contributed by atoms with van der Waals surface area (Å²) in [6, 6.07) is 5.13. The van der Waals surface area contributed by atoms with E-state index in [0.29, 0.717) is 5.69 Å². The molecule has 1 aromatic carbocycles. The Morgan fingerprint density at radius 2 is 2.25 bits per heavy atom. The fourth-order valence-corrected chi connectivity index (χ4v) is 1.64. The molecule has 0 saturated carbocycles. The number of ether oxygens (including phenoxy) is 1. The van der Waals surface area contributed by atoms with Crippen LogP contribution in [0.5, 0.6) is 5.88 Å². The third-order valence-electron chi connectivity index (χ3n) is 2.32. The minimum absolute atomic E-state index is 0.0590. The van der Waals surface area contributed by atoms with Crippen LogP contribution in [0.2, 0.25) is 5.02 Å². The molecule has 0 aliphatic heterocycles. The summed E-state index contributed by atoms with van der Waals surface area (Å²) in [5.74, 6) is -0.473. The molecule has 20 heavy (non-hydrogen) atoms. The van der Waals surface area contributed by atoms with Gasteiger partial charge in [-0.3, -0.25) is 14.9 Å². The molecule has 9 heteroatoms. The molecule has 0 spiro atoms. The highest BCUT2D eigenvalue weighted by Crippen LogP contribution is 2.27. The second kappa shape index (κ2) is 5.57. The van der Waals surface area contributed by atoms with E-state index in [2.05, 4.69) is 10.5 Å². The van der Waals surface area contributed by atoms with E-state index in [1.54, 1.807) is 0 Å². The number of hydrogen-bond donors (Lipinski definition) is 1. The molecule has 1 N–H and O–H groups in total. The molecule has 2 rings (SSSR count). The molecule has 2 aromatic rings. The van der Waals surface area contributed by atoms with Gasteiger partial charge in [-0.2, -0.15) is 0 Å². The number of anilines is 1. The molecule has 0 unspecified atom stereocenters. The first-order chi connectivity index (χ1) is 9.51. The zero-order chi connectivity index (χ0) is 14.7. The van der Waals surface area contributed by atoms with Gasteiger partial charge in [0.25, 0.3) is 17.5 Å². The maximum atomic E-state index is 11.8. The lowest BCUT2D eigenvalue weighted by atomic mass is 10.2. The molecular formula is C11H8ClN3O5. The second-order valence-corrected chi connectivity index (χ2v) is 4.02.